The Morgan fingerprint density at radius 3 is 2.50 bits per heavy atom. The van der Waals surface area contributed by atoms with Gasteiger partial charge in [0.1, 0.15) is 6.23 Å². The fraction of sp³-hybridized carbons (Fsp3) is 0.286. The first-order chi connectivity index (χ1) is 17.5. The first-order valence-electron chi connectivity index (χ1n) is 12.2. The van der Waals surface area contributed by atoms with Crippen LogP contribution < -0.4 is 10.6 Å². The Balaban J connectivity index is 1.72. The number of nitrogens with zero attached hydrogens (tertiary/aromatic N) is 2. The highest BCUT2D eigenvalue weighted by Crippen LogP contribution is 2.57. The van der Waals surface area contributed by atoms with Gasteiger partial charge in [0, 0.05) is 34.5 Å². The summed E-state index contributed by atoms with van der Waals surface area (Å²) in [7, 11) is 3.21. The molecule has 5 aromatic rings. The van der Waals surface area contributed by atoms with E-state index in [1.807, 2.05) is 31.2 Å². The first kappa shape index (κ1) is 20.3. The topological polar surface area (TPSA) is 86.5 Å². The fourth-order valence-corrected chi connectivity index (χ4v) is 7.35. The highest BCUT2D eigenvalue weighted by atomic mass is 16.6. The number of likely N-dealkylation sites (N-methyl/N-ethyl adjacent to an activating group) is 1. The van der Waals surface area contributed by atoms with E-state index in [0.717, 1.165) is 54.7 Å². The molecular weight excluding hydrogens is 456 g/mol. The maximum absolute atomic E-state index is 13.5. The maximum Gasteiger partial charge on any atom is 0.331 e. The zero-order chi connectivity index (χ0) is 24.6. The largest absolute Gasteiger partial charge is 0.467 e. The number of carbonyl (C=O) groups excluding carboxylic acids is 2. The van der Waals surface area contributed by atoms with Crippen LogP contribution in [0.2, 0.25) is 0 Å². The minimum atomic E-state index is -1.14. The van der Waals surface area contributed by atoms with Crippen LogP contribution >= 0.6 is 0 Å². The zero-order valence-corrected chi connectivity index (χ0v) is 20.1. The number of hydrogen-bond donors (Lipinski definition) is 2. The Morgan fingerprint density at radius 2 is 1.78 bits per heavy atom. The van der Waals surface area contributed by atoms with Crippen molar-refractivity contribution in [1.29, 1.82) is 0 Å². The molecule has 8 nitrogen and oxygen atoms in total. The number of nitrogens with one attached hydrogen (secondary N) is 2. The molecule has 0 spiro atoms. The van der Waals surface area contributed by atoms with E-state index in [-0.39, 0.29) is 11.9 Å². The van der Waals surface area contributed by atoms with Gasteiger partial charge in [0.15, 0.2) is 11.3 Å². The van der Waals surface area contributed by atoms with E-state index >= 15 is 0 Å². The lowest BCUT2D eigenvalue weighted by atomic mass is 9.85. The number of fused-ring (bicyclic) bond motifs is 13. The van der Waals surface area contributed by atoms with Gasteiger partial charge in [0.25, 0.3) is 5.91 Å². The lowest BCUT2D eigenvalue weighted by molar-refractivity contribution is -0.169. The van der Waals surface area contributed by atoms with Gasteiger partial charge in [-0.1, -0.05) is 36.4 Å². The molecule has 8 rings (SSSR count). The second-order valence-electron chi connectivity index (χ2n) is 10.1. The molecule has 3 aliphatic heterocycles. The molecule has 8 heteroatoms. The molecule has 0 saturated carbocycles. The Kier molecular flexibility index (Phi) is 3.54. The Bertz CT molecular complexity index is 1850. The molecule has 1 saturated heterocycles. The second kappa shape index (κ2) is 6.27. The van der Waals surface area contributed by atoms with Crippen LogP contribution in [0.3, 0.4) is 0 Å². The van der Waals surface area contributed by atoms with Crippen molar-refractivity contribution < 1.29 is 19.1 Å². The summed E-state index contributed by atoms with van der Waals surface area (Å²) in [6, 6.07) is 16.3. The van der Waals surface area contributed by atoms with Gasteiger partial charge in [-0.15, -0.1) is 0 Å². The van der Waals surface area contributed by atoms with E-state index in [2.05, 4.69) is 44.0 Å². The molecule has 2 bridgehead atoms. The summed E-state index contributed by atoms with van der Waals surface area (Å²) in [5, 5.41) is 10.4. The SMILES string of the molecule is CN[C@]1(C(=O)OC)C[C@H]2O[C@]1(C)n1c3ccccc3c3c4c(c5c6ccccc6n2c5c31)C(=O)NC4. The monoisotopic (exact) mass is 480 g/mol. The smallest absolute Gasteiger partial charge is 0.331 e. The molecule has 1 amide bonds. The van der Waals surface area contributed by atoms with Gasteiger partial charge in [-0.05, 0) is 31.7 Å². The highest BCUT2D eigenvalue weighted by Gasteiger charge is 2.65. The summed E-state index contributed by atoms with van der Waals surface area (Å²) < 4.78 is 16.7. The third kappa shape index (κ3) is 1.93. The zero-order valence-electron chi connectivity index (χ0n) is 20.1. The number of benzene rings is 3. The van der Waals surface area contributed by atoms with Crippen LogP contribution in [0.15, 0.2) is 48.5 Å². The van der Waals surface area contributed by atoms with Crippen molar-refractivity contribution in [3.8, 4) is 0 Å². The fourth-order valence-electron chi connectivity index (χ4n) is 7.35. The molecule has 3 atom stereocenters. The van der Waals surface area contributed by atoms with E-state index in [4.69, 9.17) is 9.47 Å². The van der Waals surface area contributed by atoms with Crippen LogP contribution in [0.4, 0.5) is 0 Å². The van der Waals surface area contributed by atoms with Crippen molar-refractivity contribution in [2.24, 2.45) is 0 Å². The Hall–Kier alpha value is -3.88. The van der Waals surface area contributed by atoms with Crippen molar-refractivity contribution >= 4 is 55.5 Å². The average Bonchev–Trinajstić information content (AvgIpc) is 3.60. The minimum Gasteiger partial charge on any atom is -0.467 e. The Labute approximate surface area is 205 Å². The van der Waals surface area contributed by atoms with Crippen molar-refractivity contribution in [3.05, 3.63) is 59.7 Å². The number of amides is 1. The van der Waals surface area contributed by atoms with Crippen molar-refractivity contribution in [1.82, 2.24) is 19.8 Å². The van der Waals surface area contributed by atoms with Gasteiger partial charge in [-0.25, -0.2) is 4.79 Å². The predicted molar refractivity (Wildman–Crippen MR) is 136 cm³/mol. The van der Waals surface area contributed by atoms with Gasteiger partial charge in [-0.3, -0.25) is 4.79 Å². The number of methoxy groups -OCH3 is 1. The minimum absolute atomic E-state index is 0.0488. The standard InChI is InChI=1S/C28H24N4O4/c1-27-28(29-2,26(34)35-3)12-19(36-27)31-17-10-6-4-8-14(17)21-22-16(13-30-25(22)33)20-15-9-5-7-11-18(15)32(27)24(20)23(21)31/h4-11,19,29H,12-13H2,1-3H3,(H,30,33)/t19-,27+,28+/m1/s1. The molecular formula is C28H24N4O4. The van der Waals surface area contributed by atoms with E-state index < -0.39 is 17.5 Å². The lowest BCUT2D eigenvalue weighted by Crippen LogP contribution is -2.63. The van der Waals surface area contributed by atoms with Gasteiger partial charge >= 0.3 is 5.97 Å². The molecule has 3 aliphatic rings. The van der Waals surface area contributed by atoms with Gasteiger partial charge in [0.05, 0.1) is 34.7 Å². The van der Waals surface area contributed by atoms with Crippen LogP contribution in [0.1, 0.15) is 35.5 Å². The lowest BCUT2D eigenvalue weighted by Gasteiger charge is -2.41. The molecule has 0 radical (unpaired) electrons. The van der Waals surface area contributed by atoms with Crippen LogP contribution in [-0.2, 0) is 26.5 Å². The summed E-state index contributed by atoms with van der Waals surface area (Å²) in [6.07, 6.45) is -0.0784. The van der Waals surface area contributed by atoms with Gasteiger partial charge < -0.3 is 29.2 Å². The van der Waals surface area contributed by atoms with Crippen molar-refractivity contribution in [3.63, 3.8) is 0 Å². The quantitative estimate of drug-likeness (QED) is 0.375. The second-order valence-corrected chi connectivity index (χ2v) is 10.1. The average molecular weight is 481 g/mol. The third-order valence-corrected chi connectivity index (χ3v) is 8.83. The van der Waals surface area contributed by atoms with Crippen LogP contribution in [0.5, 0.6) is 0 Å². The molecule has 1 fully saturated rings. The Morgan fingerprint density at radius 1 is 1.08 bits per heavy atom. The summed E-state index contributed by atoms with van der Waals surface area (Å²) in [5.41, 5.74) is 3.38. The molecule has 5 heterocycles. The van der Waals surface area contributed by atoms with Crippen LogP contribution in [-0.4, -0.2) is 40.7 Å². The summed E-state index contributed by atoms with van der Waals surface area (Å²) in [4.78, 5) is 26.8. The van der Waals surface area contributed by atoms with E-state index in [1.165, 1.54) is 7.11 Å². The number of esters is 1. The van der Waals surface area contributed by atoms with E-state index in [1.54, 1.807) is 7.05 Å². The molecule has 2 N–H and O–H groups in total. The van der Waals surface area contributed by atoms with E-state index in [9.17, 15) is 9.59 Å². The van der Waals surface area contributed by atoms with Crippen molar-refractivity contribution in [2.75, 3.05) is 14.2 Å². The van der Waals surface area contributed by atoms with Crippen molar-refractivity contribution in [2.45, 2.75) is 37.4 Å². The van der Waals surface area contributed by atoms with Crippen LogP contribution in [0.25, 0.3) is 43.6 Å². The summed E-state index contributed by atoms with van der Waals surface area (Å²) in [5.74, 6) is -0.414. The summed E-state index contributed by atoms with van der Waals surface area (Å²) >= 11 is 0. The number of hydrogen-bond acceptors (Lipinski definition) is 5. The normalized spacial score (nSPS) is 26.3. The summed E-state index contributed by atoms with van der Waals surface area (Å²) in [6.45, 7) is 2.44. The number of para-hydroxylation sites is 2. The maximum atomic E-state index is 13.5. The van der Waals surface area contributed by atoms with Gasteiger partial charge in [0.2, 0.25) is 0 Å². The van der Waals surface area contributed by atoms with Gasteiger partial charge in [-0.2, -0.15) is 0 Å². The molecule has 3 aromatic carbocycles. The highest BCUT2D eigenvalue weighted by molar-refractivity contribution is 6.31. The molecule has 180 valence electrons. The van der Waals surface area contributed by atoms with Crippen LogP contribution in [0, 0.1) is 0 Å². The first-order valence-corrected chi connectivity index (χ1v) is 12.2. The number of carbonyl (C=O) groups is 2. The molecule has 0 aliphatic carbocycles. The molecule has 2 aromatic heterocycles. The predicted octanol–water partition coefficient (Wildman–Crippen LogP) is 3.88. The molecule has 36 heavy (non-hydrogen) atoms. The number of rotatable bonds is 2. The third-order valence-electron chi connectivity index (χ3n) is 8.83. The number of aromatic nitrogens is 2. The van der Waals surface area contributed by atoms with E-state index in [0.29, 0.717) is 13.0 Å². The molecule has 0 unspecified atom stereocenters. The number of ether oxygens (including phenoxy) is 2.